The zero-order valence-electron chi connectivity index (χ0n) is 10.7. The lowest BCUT2D eigenvalue weighted by Gasteiger charge is -2.19. The fourth-order valence-electron chi connectivity index (χ4n) is 2.01. The predicted octanol–water partition coefficient (Wildman–Crippen LogP) is 4.57. The summed E-state index contributed by atoms with van der Waals surface area (Å²) in [4.78, 5) is 1.23. The first-order chi connectivity index (χ1) is 9.13. The predicted molar refractivity (Wildman–Crippen MR) is 82.8 cm³/mol. The molecule has 2 rings (SSSR count). The van der Waals surface area contributed by atoms with Gasteiger partial charge in [-0.3, -0.25) is 0 Å². The number of hydrogen-bond acceptors (Lipinski definition) is 3. The average molecular weight is 316 g/mol. The van der Waals surface area contributed by atoms with Gasteiger partial charge in [-0.05, 0) is 37.4 Å². The van der Waals surface area contributed by atoms with Gasteiger partial charge in [-0.25, -0.2) is 0 Å². The van der Waals surface area contributed by atoms with Crippen molar-refractivity contribution in [2.75, 3.05) is 14.2 Å². The highest BCUT2D eigenvalue weighted by atomic mass is 35.5. The molecule has 0 saturated carbocycles. The molecule has 1 aromatic heterocycles. The van der Waals surface area contributed by atoms with Crippen LogP contribution in [0.2, 0.25) is 9.36 Å². The van der Waals surface area contributed by atoms with Crippen LogP contribution in [0.4, 0.5) is 0 Å². The van der Waals surface area contributed by atoms with Gasteiger partial charge in [0.05, 0.1) is 11.4 Å². The fourth-order valence-corrected chi connectivity index (χ4v) is 3.32. The minimum Gasteiger partial charge on any atom is -0.496 e. The van der Waals surface area contributed by atoms with Crippen LogP contribution in [0, 0.1) is 0 Å². The van der Waals surface area contributed by atoms with Gasteiger partial charge in [-0.1, -0.05) is 23.2 Å². The summed E-state index contributed by atoms with van der Waals surface area (Å²) in [5.41, 5.74) is 1.06. The Hall–Kier alpha value is -0.740. The van der Waals surface area contributed by atoms with Gasteiger partial charge in [0.1, 0.15) is 5.75 Å². The van der Waals surface area contributed by atoms with E-state index >= 15 is 0 Å². The van der Waals surface area contributed by atoms with Crippen molar-refractivity contribution >= 4 is 34.5 Å². The first-order valence-electron chi connectivity index (χ1n) is 5.89. The molecule has 1 heterocycles. The number of thiophene rings is 1. The van der Waals surface area contributed by atoms with E-state index in [4.69, 9.17) is 27.9 Å². The van der Waals surface area contributed by atoms with Crippen LogP contribution >= 0.6 is 34.5 Å². The monoisotopic (exact) mass is 315 g/mol. The van der Waals surface area contributed by atoms with Crippen molar-refractivity contribution in [1.82, 2.24) is 5.32 Å². The average Bonchev–Trinajstić information content (AvgIpc) is 2.81. The second kappa shape index (κ2) is 6.62. The largest absolute Gasteiger partial charge is 0.496 e. The smallest absolute Gasteiger partial charge is 0.123 e. The minimum absolute atomic E-state index is 0.142. The van der Waals surface area contributed by atoms with Crippen molar-refractivity contribution in [3.63, 3.8) is 0 Å². The third-order valence-corrected chi connectivity index (χ3v) is 4.44. The van der Waals surface area contributed by atoms with E-state index in [-0.39, 0.29) is 6.04 Å². The summed E-state index contributed by atoms with van der Waals surface area (Å²) in [5, 5.41) is 4.01. The molecule has 1 unspecified atom stereocenters. The molecule has 2 aromatic rings. The number of nitrogens with one attached hydrogen (secondary N) is 1. The highest BCUT2D eigenvalue weighted by Gasteiger charge is 2.16. The Bertz CT molecular complexity index is 556. The molecule has 1 N–H and O–H groups in total. The van der Waals surface area contributed by atoms with E-state index in [1.54, 1.807) is 18.4 Å². The van der Waals surface area contributed by atoms with Gasteiger partial charge in [0.25, 0.3) is 0 Å². The maximum Gasteiger partial charge on any atom is 0.123 e. The number of likely N-dealkylation sites (N-methyl/N-ethyl adjacent to an activating group) is 1. The van der Waals surface area contributed by atoms with Crippen LogP contribution in [0.25, 0.3) is 0 Å². The molecule has 0 aliphatic carbocycles. The highest BCUT2D eigenvalue weighted by Crippen LogP contribution is 2.32. The second-order valence-electron chi connectivity index (χ2n) is 4.14. The molecule has 0 aliphatic heterocycles. The van der Waals surface area contributed by atoms with E-state index in [9.17, 15) is 0 Å². The summed E-state index contributed by atoms with van der Waals surface area (Å²) in [6, 6.07) is 9.78. The quantitative estimate of drug-likeness (QED) is 0.872. The molecule has 5 heteroatoms. The summed E-state index contributed by atoms with van der Waals surface area (Å²) in [6.07, 6.45) is 0.852. The van der Waals surface area contributed by atoms with E-state index in [1.807, 2.05) is 37.4 Å². The molecule has 0 saturated heterocycles. The van der Waals surface area contributed by atoms with Crippen molar-refractivity contribution in [3.05, 3.63) is 50.1 Å². The molecule has 102 valence electrons. The summed E-state index contributed by atoms with van der Waals surface area (Å²) in [6.45, 7) is 0. The molecule has 2 nitrogen and oxygen atoms in total. The first-order valence-corrected chi connectivity index (χ1v) is 7.46. The Labute approximate surface area is 127 Å². The zero-order chi connectivity index (χ0) is 13.8. The summed E-state index contributed by atoms with van der Waals surface area (Å²) in [7, 11) is 3.60. The van der Waals surface area contributed by atoms with Gasteiger partial charge in [0.2, 0.25) is 0 Å². The number of methoxy groups -OCH3 is 1. The van der Waals surface area contributed by atoms with Crippen molar-refractivity contribution in [1.29, 1.82) is 0 Å². The van der Waals surface area contributed by atoms with E-state index < -0.39 is 0 Å². The lowest BCUT2D eigenvalue weighted by molar-refractivity contribution is 0.401. The van der Waals surface area contributed by atoms with E-state index in [0.29, 0.717) is 5.02 Å². The van der Waals surface area contributed by atoms with Crippen molar-refractivity contribution in [2.24, 2.45) is 0 Å². The van der Waals surface area contributed by atoms with Crippen LogP contribution in [0.15, 0.2) is 30.3 Å². The van der Waals surface area contributed by atoms with Crippen LogP contribution in [0.5, 0.6) is 5.75 Å². The molecule has 0 aliphatic rings. The molecular weight excluding hydrogens is 301 g/mol. The number of rotatable bonds is 5. The number of ether oxygens (including phenoxy) is 1. The third-order valence-electron chi connectivity index (χ3n) is 2.95. The first kappa shape index (κ1) is 14.7. The van der Waals surface area contributed by atoms with Crippen LogP contribution < -0.4 is 10.1 Å². The standard InChI is InChI=1S/C14H15Cl2NOS/c1-17-12(8-10-4-6-14(16)19-10)11-7-9(15)3-5-13(11)18-2/h3-7,12,17H,8H2,1-2H3. The van der Waals surface area contributed by atoms with Gasteiger partial charge in [-0.15, -0.1) is 11.3 Å². The van der Waals surface area contributed by atoms with Crippen molar-refractivity contribution in [3.8, 4) is 5.75 Å². The summed E-state index contributed by atoms with van der Waals surface area (Å²) >= 11 is 13.6. The highest BCUT2D eigenvalue weighted by molar-refractivity contribution is 7.16. The Morgan fingerprint density at radius 1 is 1.26 bits per heavy atom. The van der Waals surface area contributed by atoms with Gasteiger partial charge < -0.3 is 10.1 Å². The van der Waals surface area contributed by atoms with E-state index in [1.165, 1.54) is 4.88 Å². The van der Waals surface area contributed by atoms with E-state index in [2.05, 4.69) is 5.32 Å². The van der Waals surface area contributed by atoms with Crippen LogP contribution in [-0.4, -0.2) is 14.2 Å². The van der Waals surface area contributed by atoms with Crippen LogP contribution in [-0.2, 0) is 6.42 Å². The van der Waals surface area contributed by atoms with Gasteiger partial charge in [0.15, 0.2) is 0 Å². The Balaban J connectivity index is 2.28. The van der Waals surface area contributed by atoms with Crippen molar-refractivity contribution in [2.45, 2.75) is 12.5 Å². The maximum absolute atomic E-state index is 6.08. The molecule has 0 bridgehead atoms. The Kier molecular flexibility index (Phi) is 5.11. The second-order valence-corrected chi connectivity index (χ2v) is 6.37. The summed E-state index contributed by atoms with van der Waals surface area (Å²) in [5.74, 6) is 0.839. The SMILES string of the molecule is CNC(Cc1ccc(Cl)s1)c1cc(Cl)ccc1OC. The van der Waals surface area contributed by atoms with Gasteiger partial charge in [0, 0.05) is 27.9 Å². The topological polar surface area (TPSA) is 21.3 Å². The normalized spacial score (nSPS) is 12.4. The Morgan fingerprint density at radius 3 is 2.63 bits per heavy atom. The molecule has 1 atom stereocenters. The lowest BCUT2D eigenvalue weighted by Crippen LogP contribution is -2.19. The van der Waals surface area contributed by atoms with Crippen LogP contribution in [0.3, 0.4) is 0 Å². The fraction of sp³-hybridized carbons (Fsp3) is 0.286. The summed E-state index contributed by atoms with van der Waals surface area (Å²) < 4.78 is 6.21. The Morgan fingerprint density at radius 2 is 2.05 bits per heavy atom. The molecule has 0 amide bonds. The van der Waals surface area contributed by atoms with Crippen LogP contribution in [0.1, 0.15) is 16.5 Å². The van der Waals surface area contributed by atoms with Gasteiger partial charge in [-0.2, -0.15) is 0 Å². The van der Waals surface area contributed by atoms with Crippen molar-refractivity contribution < 1.29 is 4.74 Å². The third kappa shape index (κ3) is 3.63. The van der Waals surface area contributed by atoms with Gasteiger partial charge >= 0.3 is 0 Å². The lowest BCUT2D eigenvalue weighted by atomic mass is 10.0. The number of halogens is 2. The van der Waals surface area contributed by atoms with E-state index in [0.717, 1.165) is 22.1 Å². The molecular formula is C14H15Cl2NOS. The molecule has 0 fully saturated rings. The molecule has 1 aromatic carbocycles. The maximum atomic E-state index is 6.08. The number of benzene rings is 1. The number of hydrogen-bond donors (Lipinski definition) is 1. The molecule has 0 radical (unpaired) electrons. The minimum atomic E-state index is 0.142. The molecule has 19 heavy (non-hydrogen) atoms. The molecule has 0 spiro atoms. The zero-order valence-corrected chi connectivity index (χ0v) is 13.1.